The third kappa shape index (κ3) is 8.08. The topological polar surface area (TPSA) is 205 Å². The van der Waals surface area contributed by atoms with Crippen molar-refractivity contribution in [3.8, 4) is 0 Å². The highest BCUT2D eigenvalue weighted by molar-refractivity contribution is 5.95. The summed E-state index contributed by atoms with van der Waals surface area (Å²) in [6.07, 6.45) is 1.41. The second-order valence-corrected chi connectivity index (χ2v) is 8.30. The van der Waals surface area contributed by atoms with Gasteiger partial charge in [0.05, 0.1) is 12.5 Å². The number of rotatable bonds is 13. The maximum Gasteiger partial charge on any atom is 0.326 e. The van der Waals surface area contributed by atoms with Crippen LogP contribution in [0.2, 0.25) is 0 Å². The Morgan fingerprint density at radius 3 is 2.19 bits per heavy atom. The molecule has 32 heavy (non-hydrogen) atoms. The van der Waals surface area contributed by atoms with E-state index < -0.39 is 60.2 Å². The van der Waals surface area contributed by atoms with E-state index in [1.165, 1.54) is 4.90 Å². The van der Waals surface area contributed by atoms with E-state index in [0.29, 0.717) is 32.2 Å². The SMILES string of the molecule is CC(C)C(N)C(=O)NC(CC(=O)O)C(=O)NC(CCCCN)C(=O)N1CCCC1C(=O)O. The van der Waals surface area contributed by atoms with Gasteiger partial charge in [-0.05, 0) is 44.6 Å². The first-order chi connectivity index (χ1) is 15.0. The van der Waals surface area contributed by atoms with Gasteiger partial charge >= 0.3 is 11.9 Å². The Labute approximate surface area is 187 Å². The highest BCUT2D eigenvalue weighted by atomic mass is 16.4. The van der Waals surface area contributed by atoms with Gasteiger partial charge in [-0.15, -0.1) is 0 Å². The fraction of sp³-hybridized carbons (Fsp3) is 0.750. The Hall–Kier alpha value is -2.73. The van der Waals surface area contributed by atoms with Gasteiger partial charge in [-0.25, -0.2) is 4.79 Å². The van der Waals surface area contributed by atoms with Crippen molar-refractivity contribution in [2.75, 3.05) is 13.1 Å². The minimum Gasteiger partial charge on any atom is -0.481 e. The maximum atomic E-state index is 13.0. The quantitative estimate of drug-likeness (QED) is 0.180. The molecule has 1 fully saturated rings. The third-order valence-corrected chi connectivity index (χ3v) is 5.42. The summed E-state index contributed by atoms with van der Waals surface area (Å²) in [5.74, 6) is -4.77. The molecule has 3 amide bonds. The maximum absolute atomic E-state index is 13.0. The number of nitrogens with two attached hydrogens (primary N) is 2. The van der Waals surface area contributed by atoms with Crippen molar-refractivity contribution >= 4 is 29.7 Å². The van der Waals surface area contributed by atoms with E-state index in [0.717, 1.165) is 0 Å². The standard InChI is InChI=1S/C20H35N5O7/c1-11(2)16(22)18(29)24-13(10-15(26)27)17(28)23-12(6-3-4-8-21)19(30)25-9-5-7-14(25)20(31)32/h11-14,16H,3-10,21-22H2,1-2H3,(H,23,28)(H,24,29)(H,26,27)(H,31,32). The van der Waals surface area contributed by atoms with Crippen molar-refractivity contribution in [1.82, 2.24) is 15.5 Å². The van der Waals surface area contributed by atoms with Crippen LogP contribution in [0, 0.1) is 5.92 Å². The summed E-state index contributed by atoms with van der Waals surface area (Å²) in [5, 5.41) is 23.4. The van der Waals surface area contributed by atoms with E-state index in [9.17, 15) is 29.1 Å². The van der Waals surface area contributed by atoms with E-state index in [1.807, 2.05) is 0 Å². The number of amides is 3. The summed E-state index contributed by atoms with van der Waals surface area (Å²) >= 11 is 0. The molecule has 0 saturated carbocycles. The molecule has 4 atom stereocenters. The van der Waals surface area contributed by atoms with Crippen LogP contribution >= 0.6 is 0 Å². The van der Waals surface area contributed by atoms with E-state index in [4.69, 9.17) is 16.6 Å². The summed E-state index contributed by atoms with van der Waals surface area (Å²) in [7, 11) is 0. The van der Waals surface area contributed by atoms with E-state index in [-0.39, 0.29) is 18.9 Å². The van der Waals surface area contributed by atoms with Crippen molar-refractivity contribution in [3.05, 3.63) is 0 Å². The molecule has 182 valence electrons. The second-order valence-electron chi connectivity index (χ2n) is 8.30. The van der Waals surface area contributed by atoms with Gasteiger partial charge in [0, 0.05) is 6.54 Å². The number of nitrogens with one attached hydrogen (secondary N) is 2. The third-order valence-electron chi connectivity index (χ3n) is 5.42. The first-order valence-corrected chi connectivity index (χ1v) is 10.8. The van der Waals surface area contributed by atoms with E-state index in [1.54, 1.807) is 13.8 Å². The van der Waals surface area contributed by atoms with Crippen molar-refractivity contribution in [3.63, 3.8) is 0 Å². The van der Waals surface area contributed by atoms with Gasteiger partial charge in [-0.3, -0.25) is 19.2 Å². The number of likely N-dealkylation sites (tertiary alicyclic amines) is 1. The molecule has 0 aromatic heterocycles. The van der Waals surface area contributed by atoms with Gasteiger partial charge in [0.1, 0.15) is 18.1 Å². The van der Waals surface area contributed by atoms with Crippen molar-refractivity contribution in [2.45, 2.75) is 76.5 Å². The summed E-state index contributed by atoms with van der Waals surface area (Å²) in [5.41, 5.74) is 11.3. The molecular formula is C20H35N5O7. The zero-order valence-electron chi connectivity index (χ0n) is 18.6. The van der Waals surface area contributed by atoms with Gasteiger partial charge < -0.3 is 37.2 Å². The number of aliphatic carboxylic acids is 2. The number of carbonyl (C=O) groups is 5. The molecule has 0 radical (unpaired) electrons. The Kier molecular flexibility index (Phi) is 11.1. The molecule has 12 heteroatoms. The zero-order valence-corrected chi connectivity index (χ0v) is 18.6. The normalized spacial score (nSPS) is 18.7. The van der Waals surface area contributed by atoms with Crippen LogP contribution in [0.15, 0.2) is 0 Å². The number of nitrogens with zero attached hydrogens (tertiary/aromatic N) is 1. The largest absolute Gasteiger partial charge is 0.481 e. The van der Waals surface area contributed by atoms with E-state index >= 15 is 0 Å². The Balaban J connectivity index is 3.01. The van der Waals surface area contributed by atoms with Crippen molar-refractivity contribution < 1.29 is 34.2 Å². The summed E-state index contributed by atoms with van der Waals surface area (Å²) < 4.78 is 0. The Bertz CT molecular complexity index is 700. The molecule has 0 bridgehead atoms. The van der Waals surface area contributed by atoms with Crippen LogP contribution in [0.5, 0.6) is 0 Å². The lowest BCUT2D eigenvalue weighted by atomic mass is 10.0. The predicted octanol–water partition coefficient (Wildman–Crippen LogP) is -1.38. The molecule has 12 nitrogen and oxygen atoms in total. The molecule has 0 spiro atoms. The number of hydrogen-bond donors (Lipinski definition) is 6. The van der Waals surface area contributed by atoms with Crippen molar-refractivity contribution in [2.24, 2.45) is 17.4 Å². The molecule has 4 unspecified atom stereocenters. The van der Waals surface area contributed by atoms with Gasteiger partial charge in [-0.2, -0.15) is 0 Å². The van der Waals surface area contributed by atoms with Gasteiger partial charge in [0.15, 0.2) is 0 Å². The average Bonchev–Trinajstić information content (AvgIpc) is 3.21. The Morgan fingerprint density at radius 2 is 1.66 bits per heavy atom. The van der Waals surface area contributed by atoms with Crippen LogP contribution in [0.4, 0.5) is 0 Å². The number of carbonyl (C=O) groups excluding carboxylic acids is 3. The highest BCUT2D eigenvalue weighted by Crippen LogP contribution is 2.20. The van der Waals surface area contributed by atoms with Crippen LogP contribution in [0.25, 0.3) is 0 Å². The lowest BCUT2D eigenvalue weighted by molar-refractivity contribution is -0.149. The van der Waals surface area contributed by atoms with Crippen LogP contribution < -0.4 is 22.1 Å². The van der Waals surface area contributed by atoms with Gasteiger partial charge in [0.2, 0.25) is 17.7 Å². The Morgan fingerprint density at radius 1 is 1.03 bits per heavy atom. The molecule has 1 rings (SSSR count). The zero-order chi connectivity index (χ0) is 24.4. The monoisotopic (exact) mass is 457 g/mol. The fourth-order valence-electron chi connectivity index (χ4n) is 3.46. The van der Waals surface area contributed by atoms with Gasteiger partial charge in [0.25, 0.3) is 0 Å². The summed E-state index contributed by atoms with van der Waals surface area (Å²) in [4.78, 5) is 62.1. The molecule has 0 aromatic rings. The summed E-state index contributed by atoms with van der Waals surface area (Å²) in [6, 6.07) is -4.43. The molecule has 1 aliphatic rings. The molecule has 1 heterocycles. The number of hydrogen-bond acceptors (Lipinski definition) is 7. The van der Waals surface area contributed by atoms with Gasteiger partial charge in [-0.1, -0.05) is 13.8 Å². The average molecular weight is 458 g/mol. The lowest BCUT2D eigenvalue weighted by Crippen LogP contribution is -2.58. The number of unbranched alkanes of at least 4 members (excludes halogenated alkanes) is 1. The van der Waals surface area contributed by atoms with Crippen LogP contribution in [-0.4, -0.2) is 82.0 Å². The molecule has 0 aliphatic carbocycles. The smallest absolute Gasteiger partial charge is 0.326 e. The summed E-state index contributed by atoms with van der Waals surface area (Å²) in [6.45, 7) is 4.04. The minimum absolute atomic E-state index is 0.198. The molecule has 0 aromatic carbocycles. The molecule has 1 aliphatic heterocycles. The van der Waals surface area contributed by atoms with Crippen LogP contribution in [0.3, 0.4) is 0 Å². The molecular weight excluding hydrogens is 422 g/mol. The second kappa shape index (κ2) is 13.0. The van der Waals surface area contributed by atoms with Crippen molar-refractivity contribution in [1.29, 1.82) is 0 Å². The van der Waals surface area contributed by atoms with E-state index in [2.05, 4.69) is 10.6 Å². The first kappa shape index (κ1) is 27.3. The lowest BCUT2D eigenvalue weighted by Gasteiger charge is -2.29. The number of carboxylic acids is 2. The minimum atomic E-state index is -1.44. The predicted molar refractivity (Wildman–Crippen MR) is 114 cm³/mol. The van der Waals surface area contributed by atoms with Crippen LogP contribution in [0.1, 0.15) is 52.4 Å². The van der Waals surface area contributed by atoms with Crippen LogP contribution in [-0.2, 0) is 24.0 Å². The first-order valence-electron chi connectivity index (χ1n) is 10.8. The molecule has 1 saturated heterocycles. The highest BCUT2D eigenvalue weighted by Gasteiger charge is 2.38. The fourth-order valence-corrected chi connectivity index (χ4v) is 3.46. The number of carboxylic acid groups (broad SMARTS) is 2. The molecule has 8 N–H and O–H groups in total.